The first-order chi connectivity index (χ1) is 10.9. The molecule has 7 nitrogen and oxygen atoms in total. The lowest BCUT2D eigenvalue weighted by molar-refractivity contribution is -0.129. The van der Waals surface area contributed by atoms with Gasteiger partial charge in [0.2, 0.25) is 11.8 Å². The fourth-order valence-electron chi connectivity index (χ4n) is 2.09. The van der Waals surface area contributed by atoms with Crippen LogP contribution in [0.4, 0.5) is 0 Å². The summed E-state index contributed by atoms with van der Waals surface area (Å²) in [6, 6.07) is 7.25. The standard InChI is InChI=1S/C14H18N2O5S2/c1-21-11-2-4-12(5-3-11)22-8-13(17)15-16-14(18)10-6-7-23(19,20)9-10/h2-5,10H,6-9H2,1H3,(H,15,17)(H,16,18)/t10-/m0/s1. The molecule has 1 atom stereocenters. The largest absolute Gasteiger partial charge is 0.497 e. The molecule has 0 saturated carbocycles. The van der Waals surface area contributed by atoms with Crippen LogP contribution in [0.25, 0.3) is 0 Å². The highest BCUT2D eigenvalue weighted by Gasteiger charge is 2.33. The van der Waals surface area contributed by atoms with Gasteiger partial charge in [-0.1, -0.05) is 0 Å². The Bertz CT molecular complexity index is 673. The lowest BCUT2D eigenvalue weighted by atomic mass is 10.1. The first-order valence-electron chi connectivity index (χ1n) is 6.95. The third-order valence-electron chi connectivity index (χ3n) is 3.36. The van der Waals surface area contributed by atoms with Crippen molar-refractivity contribution in [2.24, 2.45) is 5.92 Å². The lowest BCUT2D eigenvalue weighted by Gasteiger charge is -2.10. The Kier molecular flexibility index (Phi) is 5.89. The molecule has 2 amide bonds. The Morgan fingerprint density at radius 2 is 1.96 bits per heavy atom. The van der Waals surface area contributed by atoms with Gasteiger partial charge in [0.25, 0.3) is 0 Å². The number of sulfone groups is 1. The number of ether oxygens (including phenoxy) is 1. The number of amides is 2. The molecule has 2 N–H and O–H groups in total. The molecule has 0 spiro atoms. The van der Waals surface area contributed by atoms with Crippen molar-refractivity contribution in [1.82, 2.24) is 10.9 Å². The number of nitrogens with one attached hydrogen (secondary N) is 2. The highest BCUT2D eigenvalue weighted by molar-refractivity contribution is 8.00. The number of carbonyl (C=O) groups excluding carboxylic acids is 2. The Morgan fingerprint density at radius 3 is 2.52 bits per heavy atom. The van der Waals surface area contributed by atoms with Crippen molar-refractivity contribution in [2.45, 2.75) is 11.3 Å². The minimum atomic E-state index is -3.12. The van der Waals surface area contributed by atoms with Crippen molar-refractivity contribution >= 4 is 33.4 Å². The summed E-state index contributed by atoms with van der Waals surface area (Å²) in [5.41, 5.74) is 4.58. The predicted octanol–water partition coefficient (Wildman–Crippen LogP) is 0.369. The van der Waals surface area contributed by atoms with Crippen LogP contribution in [0.3, 0.4) is 0 Å². The first kappa shape index (κ1) is 17.6. The van der Waals surface area contributed by atoms with E-state index in [0.29, 0.717) is 6.42 Å². The summed E-state index contributed by atoms with van der Waals surface area (Å²) in [6.07, 6.45) is 0.296. The minimum Gasteiger partial charge on any atom is -0.497 e. The van der Waals surface area contributed by atoms with Crippen molar-refractivity contribution in [2.75, 3.05) is 24.4 Å². The van der Waals surface area contributed by atoms with Gasteiger partial charge in [-0.15, -0.1) is 11.8 Å². The monoisotopic (exact) mass is 358 g/mol. The van der Waals surface area contributed by atoms with Gasteiger partial charge in [0.15, 0.2) is 9.84 Å². The molecule has 2 rings (SSSR count). The Hall–Kier alpha value is -1.74. The summed E-state index contributed by atoms with van der Waals surface area (Å²) in [7, 11) is -1.54. The van der Waals surface area contributed by atoms with Gasteiger partial charge in [-0.3, -0.25) is 20.4 Å². The number of rotatable bonds is 5. The van der Waals surface area contributed by atoms with Crippen LogP contribution in [-0.4, -0.2) is 44.6 Å². The lowest BCUT2D eigenvalue weighted by Crippen LogP contribution is -2.45. The zero-order chi connectivity index (χ0) is 16.9. The van der Waals surface area contributed by atoms with Crippen molar-refractivity contribution in [1.29, 1.82) is 0 Å². The predicted molar refractivity (Wildman–Crippen MR) is 86.8 cm³/mol. The van der Waals surface area contributed by atoms with E-state index in [2.05, 4.69) is 10.9 Å². The molecule has 0 aliphatic carbocycles. The smallest absolute Gasteiger partial charge is 0.248 e. The van der Waals surface area contributed by atoms with Crippen molar-refractivity contribution in [3.8, 4) is 5.75 Å². The Labute approximate surface area is 139 Å². The molecule has 1 aliphatic heterocycles. The molecule has 0 bridgehead atoms. The van der Waals surface area contributed by atoms with Gasteiger partial charge in [-0.25, -0.2) is 8.42 Å². The first-order valence-corrected chi connectivity index (χ1v) is 9.76. The molecule has 1 saturated heterocycles. The third kappa shape index (κ3) is 5.43. The van der Waals surface area contributed by atoms with E-state index in [4.69, 9.17) is 4.74 Å². The number of methoxy groups -OCH3 is 1. The summed E-state index contributed by atoms with van der Waals surface area (Å²) in [6.45, 7) is 0. The molecule has 0 radical (unpaired) electrons. The van der Waals surface area contributed by atoms with Crippen LogP contribution in [0, 0.1) is 5.92 Å². The second kappa shape index (κ2) is 7.69. The average molecular weight is 358 g/mol. The van der Waals surface area contributed by atoms with Crippen LogP contribution in [0.1, 0.15) is 6.42 Å². The van der Waals surface area contributed by atoms with Crippen LogP contribution in [0.15, 0.2) is 29.2 Å². The van der Waals surface area contributed by atoms with E-state index >= 15 is 0 Å². The van der Waals surface area contributed by atoms with Crippen LogP contribution in [0.2, 0.25) is 0 Å². The second-order valence-electron chi connectivity index (χ2n) is 5.10. The van der Waals surface area contributed by atoms with E-state index in [1.165, 1.54) is 11.8 Å². The molecule has 0 unspecified atom stereocenters. The van der Waals surface area contributed by atoms with Gasteiger partial charge < -0.3 is 4.74 Å². The van der Waals surface area contributed by atoms with Crippen molar-refractivity contribution in [3.63, 3.8) is 0 Å². The SMILES string of the molecule is COc1ccc(SCC(=O)NNC(=O)[C@H]2CCS(=O)(=O)C2)cc1. The number of benzene rings is 1. The summed E-state index contributed by atoms with van der Waals surface area (Å²) >= 11 is 1.32. The van der Waals surface area contributed by atoms with Gasteiger partial charge in [-0.05, 0) is 30.7 Å². The van der Waals surface area contributed by atoms with Gasteiger partial charge in [0.1, 0.15) is 5.75 Å². The molecule has 1 aliphatic rings. The van der Waals surface area contributed by atoms with E-state index < -0.39 is 21.7 Å². The second-order valence-corrected chi connectivity index (χ2v) is 8.38. The number of hydrazine groups is 1. The molecule has 23 heavy (non-hydrogen) atoms. The highest BCUT2D eigenvalue weighted by Crippen LogP contribution is 2.21. The normalized spacial score (nSPS) is 19.1. The van der Waals surface area contributed by atoms with E-state index in [1.807, 2.05) is 12.1 Å². The van der Waals surface area contributed by atoms with E-state index in [1.54, 1.807) is 19.2 Å². The summed E-state index contributed by atoms with van der Waals surface area (Å²) in [4.78, 5) is 24.4. The van der Waals surface area contributed by atoms with Crippen LogP contribution in [-0.2, 0) is 19.4 Å². The van der Waals surface area contributed by atoms with Gasteiger partial charge in [-0.2, -0.15) is 0 Å². The zero-order valence-corrected chi connectivity index (χ0v) is 14.2. The molecular weight excluding hydrogens is 340 g/mol. The maximum Gasteiger partial charge on any atom is 0.248 e. The number of hydrogen-bond donors (Lipinski definition) is 2. The fraction of sp³-hybridized carbons (Fsp3) is 0.429. The summed E-state index contributed by atoms with van der Waals surface area (Å²) < 4.78 is 27.7. The average Bonchev–Trinajstić information content (AvgIpc) is 2.91. The molecule has 1 aromatic carbocycles. The number of carbonyl (C=O) groups is 2. The highest BCUT2D eigenvalue weighted by atomic mass is 32.2. The summed E-state index contributed by atoms with van der Waals surface area (Å²) in [5.74, 6) is -0.682. The number of hydrogen-bond acceptors (Lipinski definition) is 6. The summed E-state index contributed by atoms with van der Waals surface area (Å²) in [5, 5.41) is 0. The maximum absolute atomic E-state index is 11.8. The fourth-order valence-corrected chi connectivity index (χ4v) is 4.53. The molecule has 1 fully saturated rings. The third-order valence-corrected chi connectivity index (χ3v) is 6.14. The van der Waals surface area contributed by atoms with Gasteiger partial charge in [0.05, 0.1) is 30.3 Å². The molecule has 9 heteroatoms. The van der Waals surface area contributed by atoms with Crippen LogP contribution >= 0.6 is 11.8 Å². The quantitative estimate of drug-likeness (QED) is 0.582. The van der Waals surface area contributed by atoms with Crippen LogP contribution in [0.5, 0.6) is 5.75 Å². The molecule has 1 heterocycles. The molecule has 1 aromatic rings. The molecular formula is C14H18N2O5S2. The van der Waals surface area contributed by atoms with Crippen molar-refractivity contribution in [3.05, 3.63) is 24.3 Å². The van der Waals surface area contributed by atoms with E-state index in [9.17, 15) is 18.0 Å². The maximum atomic E-state index is 11.8. The van der Waals surface area contributed by atoms with E-state index in [-0.39, 0.29) is 23.2 Å². The minimum absolute atomic E-state index is 0.0202. The Balaban J connectivity index is 1.71. The van der Waals surface area contributed by atoms with Gasteiger partial charge in [0, 0.05) is 4.90 Å². The number of thioether (sulfide) groups is 1. The molecule has 0 aromatic heterocycles. The van der Waals surface area contributed by atoms with E-state index in [0.717, 1.165) is 10.6 Å². The van der Waals surface area contributed by atoms with Gasteiger partial charge >= 0.3 is 0 Å². The Morgan fingerprint density at radius 1 is 1.26 bits per heavy atom. The topological polar surface area (TPSA) is 102 Å². The van der Waals surface area contributed by atoms with Crippen molar-refractivity contribution < 1.29 is 22.7 Å². The zero-order valence-electron chi connectivity index (χ0n) is 12.6. The van der Waals surface area contributed by atoms with Crippen LogP contribution < -0.4 is 15.6 Å². The molecule has 126 valence electrons.